The van der Waals surface area contributed by atoms with Crippen LogP contribution in [0.2, 0.25) is 5.02 Å². The Morgan fingerprint density at radius 2 is 2.16 bits per heavy atom. The number of hydrogen-bond donors (Lipinski definition) is 1. The summed E-state index contributed by atoms with van der Waals surface area (Å²) in [4.78, 5) is 19.0. The number of halogens is 1. The molecule has 1 N–H and O–H groups in total. The van der Waals surface area contributed by atoms with E-state index in [1.54, 1.807) is 6.07 Å². The molecule has 1 amide bonds. The highest BCUT2D eigenvalue weighted by atomic mass is 35.5. The number of oxazole rings is 1. The third-order valence-electron chi connectivity index (χ3n) is 5.06. The summed E-state index contributed by atoms with van der Waals surface area (Å²) in [5.74, 6) is 0.698. The van der Waals surface area contributed by atoms with E-state index in [2.05, 4.69) is 15.2 Å². The molecule has 2 aliphatic heterocycles. The van der Waals surface area contributed by atoms with Gasteiger partial charge in [-0.3, -0.25) is 4.79 Å². The largest absolute Gasteiger partial charge is 0.423 e. The van der Waals surface area contributed by atoms with Gasteiger partial charge in [0.2, 0.25) is 5.91 Å². The van der Waals surface area contributed by atoms with Crippen LogP contribution in [0.1, 0.15) is 19.3 Å². The van der Waals surface area contributed by atoms with Crippen molar-refractivity contribution in [3.63, 3.8) is 0 Å². The smallest absolute Gasteiger partial charge is 0.298 e. The summed E-state index contributed by atoms with van der Waals surface area (Å²) in [6, 6.07) is 6.05. The van der Waals surface area contributed by atoms with Crippen LogP contribution in [0.25, 0.3) is 11.1 Å². The maximum absolute atomic E-state index is 12.4. The van der Waals surface area contributed by atoms with Crippen LogP contribution in [0.15, 0.2) is 22.6 Å². The lowest BCUT2D eigenvalue weighted by Crippen LogP contribution is -2.41. The number of ether oxygens (including phenoxy) is 1. The van der Waals surface area contributed by atoms with Crippen molar-refractivity contribution in [3.05, 3.63) is 23.2 Å². The van der Waals surface area contributed by atoms with E-state index >= 15 is 0 Å². The van der Waals surface area contributed by atoms with E-state index in [0.717, 1.165) is 57.6 Å². The zero-order chi connectivity index (χ0) is 17.2. The van der Waals surface area contributed by atoms with E-state index in [-0.39, 0.29) is 11.8 Å². The molecule has 6 nitrogen and oxygen atoms in total. The molecule has 0 radical (unpaired) electrons. The molecule has 1 aromatic carbocycles. The minimum atomic E-state index is 0.0670. The van der Waals surface area contributed by atoms with Crippen LogP contribution in [-0.4, -0.2) is 43.7 Å². The van der Waals surface area contributed by atoms with Gasteiger partial charge in [0.15, 0.2) is 5.58 Å². The van der Waals surface area contributed by atoms with Gasteiger partial charge in [-0.15, -0.1) is 0 Å². The minimum absolute atomic E-state index is 0.0670. The van der Waals surface area contributed by atoms with Crippen LogP contribution in [0.4, 0.5) is 6.01 Å². The van der Waals surface area contributed by atoms with Gasteiger partial charge in [-0.1, -0.05) is 11.6 Å². The fourth-order valence-electron chi connectivity index (χ4n) is 3.49. The molecule has 3 heterocycles. The van der Waals surface area contributed by atoms with Crippen molar-refractivity contribution < 1.29 is 13.9 Å². The molecule has 0 spiro atoms. The second-order valence-corrected chi connectivity index (χ2v) is 7.28. The monoisotopic (exact) mass is 363 g/mol. The van der Waals surface area contributed by atoms with E-state index in [9.17, 15) is 4.79 Å². The number of carbonyl (C=O) groups excluding carboxylic acids is 1. The Kier molecular flexibility index (Phi) is 4.81. The molecule has 2 aliphatic rings. The van der Waals surface area contributed by atoms with Crippen molar-refractivity contribution in [1.82, 2.24) is 10.3 Å². The van der Waals surface area contributed by atoms with Crippen LogP contribution in [0, 0.1) is 11.8 Å². The summed E-state index contributed by atoms with van der Waals surface area (Å²) < 4.78 is 11.2. The molecule has 1 atom stereocenters. The van der Waals surface area contributed by atoms with Crippen LogP contribution in [0.3, 0.4) is 0 Å². The summed E-state index contributed by atoms with van der Waals surface area (Å²) in [5.41, 5.74) is 1.50. The summed E-state index contributed by atoms with van der Waals surface area (Å²) in [5, 5.41) is 3.72. The SMILES string of the molecule is O=C(NCC1CCOC1)C1CCN(c2nc3ccc(Cl)cc3o2)CC1. The molecule has 0 aliphatic carbocycles. The van der Waals surface area contributed by atoms with E-state index in [1.165, 1.54) is 0 Å². The molecule has 0 saturated carbocycles. The average molecular weight is 364 g/mol. The predicted molar refractivity (Wildman–Crippen MR) is 95.9 cm³/mol. The first-order valence-electron chi connectivity index (χ1n) is 8.85. The van der Waals surface area contributed by atoms with Crippen molar-refractivity contribution >= 4 is 34.6 Å². The van der Waals surface area contributed by atoms with Gasteiger partial charge in [0.25, 0.3) is 6.01 Å². The lowest BCUT2D eigenvalue weighted by molar-refractivity contribution is -0.125. The Labute approximate surface area is 151 Å². The van der Waals surface area contributed by atoms with E-state index < -0.39 is 0 Å². The quantitative estimate of drug-likeness (QED) is 0.904. The third-order valence-corrected chi connectivity index (χ3v) is 5.30. The third kappa shape index (κ3) is 3.75. The molecule has 0 bridgehead atoms. The lowest BCUT2D eigenvalue weighted by atomic mass is 9.96. The molecule has 1 aromatic heterocycles. The average Bonchev–Trinajstić information content (AvgIpc) is 3.29. The van der Waals surface area contributed by atoms with Gasteiger partial charge in [0.05, 0.1) is 6.61 Å². The van der Waals surface area contributed by atoms with Gasteiger partial charge in [0.1, 0.15) is 5.52 Å². The Hall–Kier alpha value is -1.79. The van der Waals surface area contributed by atoms with Crippen molar-refractivity contribution in [2.45, 2.75) is 19.3 Å². The number of aromatic nitrogens is 1. The molecule has 2 fully saturated rings. The summed E-state index contributed by atoms with van der Waals surface area (Å²) >= 11 is 5.99. The molecule has 2 aromatic rings. The number of rotatable bonds is 4. The van der Waals surface area contributed by atoms with E-state index in [1.807, 2.05) is 12.1 Å². The highest BCUT2D eigenvalue weighted by molar-refractivity contribution is 6.31. The van der Waals surface area contributed by atoms with Crippen LogP contribution in [-0.2, 0) is 9.53 Å². The van der Waals surface area contributed by atoms with Crippen molar-refractivity contribution in [2.24, 2.45) is 11.8 Å². The van der Waals surface area contributed by atoms with Crippen molar-refractivity contribution in [1.29, 1.82) is 0 Å². The minimum Gasteiger partial charge on any atom is -0.423 e. The Balaban J connectivity index is 1.31. The van der Waals surface area contributed by atoms with Crippen LogP contribution < -0.4 is 10.2 Å². The lowest BCUT2D eigenvalue weighted by Gasteiger charge is -2.30. The summed E-state index contributed by atoms with van der Waals surface area (Å²) in [6.07, 6.45) is 2.67. The number of hydrogen-bond acceptors (Lipinski definition) is 5. The Morgan fingerprint density at radius 1 is 1.32 bits per heavy atom. The molecule has 25 heavy (non-hydrogen) atoms. The first-order valence-corrected chi connectivity index (χ1v) is 9.23. The first kappa shape index (κ1) is 16.7. The number of nitrogens with one attached hydrogen (secondary N) is 1. The van der Waals surface area contributed by atoms with Gasteiger partial charge in [-0.05, 0) is 31.4 Å². The molecular weight excluding hydrogens is 342 g/mol. The predicted octanol–water partition coefficient (Wildman–Crippen LogP) is 2.85. The highest BCUT2D eigenvalue weighted by Gasteiger charge is 2.28. The number of nitrogens with zero attached hydrogens (tertiary/aromatic N) is 2. The van der Waals surface area contributed by atoms with Gasteiger partial charge in [-0.25, -0.2) is 0 Å². The number of amides is 1. The normalized spacial score (nSPS) is 21.8. The molecular formula is C18H22ClN3O3. The fraction of sp³-hybridized carbons (Fsp3) is 0.556. The molecule has 4 rings (SSSR count). The summed E-state index contributed by atoms with van der Waals surface area (Å²) in [7, 11) is 0. The van der Waals surface area contributed by atoms with Gasteiger partial charge < -0.3 is 19.4 Å². The second kappa shape index (κ2) is 7.22. The van der Waals surface area contributed by atoms with Gasteiger partial charge in [0, 0.05) is 49.2 Å². The number of anilines is 1. The number of carbonyl (C=O) groups is 1. The van der Waals surface area contributed by atoms with Crippen LogP contribution >= 0.6 is 11.6 Å². The van der Waals surface area contributed by atoms with Gasteiger partial charge in [-0.2, -0.15) is 4.98 Å². The van der Waals surface area contributed by atoms with E-state index in [0.29, 0.717) is 22.5 Å². The topological polar surface area (TPSA) is 67.6 Å². The van der Waals surface area contributed by atoms with Gasteiger partial charge >= 0.3 is 0 Å². The van der Waals surface area contributed by atoms with Crippen molar-refractivity contribution in [2.75, 3.05) is 37.7 Å². The number of piperidine rings is 1. The Bertz CT molecular complexity index is 749. The maximum Gasteiger partial charge on any atom is 0.298 e. The molecule has 1 unspecified atom stereocenters. The standard InChI is InChI=1S/C18H22ClN3O3/c19-14-1-2-15-16(9-14)25-18(21-15)22-6-3-13(4-7-22)17(23)20-10-12-5-8-24-11-12/h1-2,9,12-13H,3-8,10-11H2,(H,20,23). The summed E-state index contributed by atoms with van der Waals surface area (Å²) in [6.45, 7) is 3.84. The second-order valence-electron chi connectivity index (χ2n) is 6.84. The van der Waals surface area contributed by atoms with Crippen LogP contribution in [0.5, 0.6) is 0 Å². The first-order chi connectivity index (χ1) is 12.2. The zero-order valence-corrected chi connectivity index (χ0v) is 14.8. The fourth-order valence-corrected chi connectivity index (χ4v) is 3.65. The number of benzene rings is 1. The number of fused-ring (bicyclic) bond motifs is 1. The molecule has 7 heteroatoms. The maximum atomic E-state index is 12.4. The zero-order valence-electron chi connectivity index (χ0n) is 14.0. The Morgan fingerprint density at radius 3 is 2.92 bits per heavy atom. The molecule has 2 saturated heterocycles. The van der Waals surface area contributed by atoms with E-state index in [4.69, 9.17) is 20.8 Å². The highest BCUT2D eigenvalue weighted by Crippen LogP contribution is 2.28. The molecule has 134 valence electrons. The van der Waals surface area contributed by atoms with Crippen molar-refractivity contribution in [3.8, 4) is 0 Å².